The Hall–Kier alpha value is -1.88. The molecule has 0 bridgehead atoms. The first-order chi connectivity index (χ1) is 8.29. The third-order valence-corrected chi connectivity index (χ3v) is 3.09. The molecule has 0 aliphatic heterocycles. The first-order valence-corrected chi connectivity index (χ1v) is 6.25. The molecule has 5 heteroatoms. The molecule has 0 aliphatic carbocycles. The summed E-state index contributed by atoms with van der Waals surface area (Å²) in [5.41, 5.74) is 10.8. The van der Waals surface area contributed by atoms with Gasteiger partial charge < -0.3 is 5.73 Å². The van der Waals surface area contributed by atoms with Crippen LogP contribution in [0.1, 0.15) is 18.1 Å². The van der Waals surface area contributed by atoms with Crippen molar-refractivity contribution in [1.29, 1.82) is 0 Å². The van der Waals surface area contributed by atoms with Gasteiger partial charge in [0.05, 0.1) is 6.21 Å². The molecule has 1 aromatic heterocycles. The Morgan fingerprint density at radius 1 is 1.47 bits per heavy atom. The zero-order valence-corrected chi connectivity index (χ0v) is 10.4. The van der Waals surface area contributed by atoms with E-state index in [0.717, 1.165) is 12.0 Å². The van der Waals surface area contributed by atoms with Crippen LogP contribution in [0.5, 0.6) is 0 Å². The first kappa shape index (κ1) is 11.6. The SMILES string of the molecule is CCc1ccccc1C=NNc1nc(N)cs1. The van der Waals surface area contributed by atoms with Crippen LogP contribution in [-0.4, -0.2) is 11.2 Å². The predicted molar refractivity (Wildman–Crippen MR) is 73.6 cm³/mol. The van der Waals surface area contributed by atoms with Crippen molar-refractivity contribution in [2.24, 2.45) is 5.10 Å². The van der Waals surface area contributed by atoms with Crippen LogP contribution in [0.2, 0.25) is 0 Å². The van der Waals surface area contributed by atoms with Gasteiger partial charge in [-0.1, -0.05) is 31.2 Å². The van der Waals surface area contributed by atoms with E-state index in [1.54, 1.807) is 11.6 Å². The highest BCUT2D eigenvalue weighted by atomic mass is 32.1. The number of nitrogens with one attached hydrogen (secondary N) is 1. The Bertz CT molecular complexity index is 519. The van der Waals surface area contributed by atoms with Crippen LogP contribution in [0, 0.1) is 0 Å². The topological polar surface area (TPSA) is 63.3 Å². The number of hydrazone groups is 1. The average molecular weight is 246 g/mol. The molecule has 0 saturated carbocycles. The van der Waals surface area contributed by atoms with Crippen molar-refractivity contribution < 1.29 is 0 Å². The van der Waals surface area contributed by atoms with Gasteiger partial charge in [-0.25, -0.2) is 4.98 Å². The lowest BCUT2D eigenvalue weighted by molar-refractivity contribution is 1.13. The molecule has 0 radical (unpaired) electrons. The molecule has 3 N–H and O–H groups in total. The summed E-state index contributed by atoms with van der Waals surface area (Å²) < 4.78 is 0. The van der Waals surface area contributed by atoms with Gasteiger partial charge in [-0.2, -0.15) is 5.10 Å². The molecule has 0 amide bonds. The van der Waals surface area contributed by atoms with Crippen LogP contribution in [0.3, 0.4) is 0 Å². The molecule has 0 fully saturated rings. The van der Waals surface area contributed by atoms with Gasteiger partial charge in [0, 0.05) is 5.38 Å². The molecular formula is C12H14N4S. The summed E-state index contributed by atoms with van der Waals surface area (Å²) in [4.78, 5) is 4.06. The van der Waals surface area contributed by atoms with Crippen LogP contribution in [0.25, 0.3) is 0 Å². The van der Waals surface area contributed by atoms with Crippen LogP contribution in [0.4, 0.5) is 10.9 Å². The fourth-order valence-electron chi connectivity index (χ4n) is 1.48. The highest BCUT2D eigenvalue weighted by Crippen LogP contribution is 2.16. The Balaban J connectivity index is 2.05. The van der Waals surface area contributed by atoms with Crippen LogP contribution >= 0.6 is 11.3 Å². The lowest BCUT2D eigenvalue weighted by Crippen LogP contribution is -1.94. The van der Waals surface area contributed by atoms with Gasteiger partial charge >= 0.3 is 0 Å². The van der Waals surface area contributed by atoms with Crippen LogP contribution in [0.15, 0.2) is 34.7 Å². The lowest BCUT2D eigenvalue weighted by Gasteiger charge is -2.01. The van der Waals surface area contributed by atoms with E-state index in [4.69, 9.17) is 5.73 Å². The van der Waals surface area contributed by atoms with E-state index in [9.17, 15) is 0 Å². The van der Waals surface area contributed by atoms with E-state index < -0.39 is 0 Å². The normalized spacial score (nSPS) is 10.9. The van der Waals surface area contributed by atoms with Gasteiger partial charge in [-0.05, 0) is 17.5 Å². The number of hydrogen-bond acceptors (Lipinski definition) is 5. The fraction of sp³-hybridized carbons (Fsp3) is 0.167. The predicted octanol–water partition coefficient (Wildman–Crippen LogP) is 2.73. The molecular weight excluding hydrogens is 232 g/mol. The molecule has 0 aliphatic rings. The zero-order chi connectivity index (χ0) is 12.1. The first-order valence-electron chi connectivity index (χ1n) is 5.37. The van der Waals surface area contributed by atoms with E-state index in [-0.39, 0.29) is 0 Å². The van der Waals surface area contributed by atoms with Crippen molar-refractivity contribution in [1.82, 2.24) is 4.98 Å². The minimum absolute atomic E-state index is 0.515. The molecule has 2 aromatic rings. The zero-order valence-electron chi connectivity index (χ0n) is 9.55. The van der Waals surface area contributed by atoms with Crippen molar-refractivity contribution in [2.45, 2.75) is 13.3 Å². The monoisotopic (exact) mass is 246 g/mol. The Morgan fingerprint density at radius 2 is 2.29 bits per heavy atom. The maximum Gasteiger partial charge on any atom is 0.205 e. The maximum atomic E-state index is 5.51. The molecule has 1 heterocycles. The minimum Gasteiger partial charge on any atom is -0.383 e. The quantitative estimate of drug-likeness (QED) is 0.644. The third kappa shape index (κ3) is 3.04. The van der Waals surface area contributed by atoms with Crippen molar-refractivity contribution in [3.05, 3.63) is 40.8 Å². The highest BCUT2D eigenvalue weighted by molar-refractivity contribution is 7.14. The Kier molecular flexibility index (Phi) is 3.72. The summed E-state index contributed by atoms with van der Waals surface area (Å²) in [5, 5.41) is 6.63. The summed E-state index contributed by atoms with van der Waals surface area (Å²) in [7, 11) is 0. The second-order valence-electron chi connectivity index (χ2n) is 3.50. The number of thiazole rings is 1. The molecule has 4 nitrogen and oxygen atoms in total. The minimum atomic E-state index is 0.515. The van der Waals surface area contributed by atoms with Gasteiger partial charge in [0.1, 0.15) is 5.82 Å². The summed E-state index contributed by atoms with van der Waals surface area (Å²) in [5.74, 6) is 0.515. The van der Waals surface area contributed by atoms with Crippen molar-refractivity contribution in [3.8, 4) is 0 Å². The van der Waals surface area contributed by atoms with E-state index in [1.807, 2.05) is 18.2 Å². The van der Waals surface area contributed by atoms with Gasteiger partial charge in [0.2, 0.25) is 5.13 Å². The number of anilines is 2. The number of rotatable bonds is 4. The third-order valence-electron chi connectivity index (χ3n) is 2.32. The smallest absolute Gasteiger partial charge is 0.205 e. The van der Waals surface area contributed by atoms with E-state index in [0.29, 0.717) is 10.9 Å². The number of nitrogens with two attached hydrogens (primary N) is 1. The standard InChI is InChI=1S/C12H14N4S/c1-2-9-5-3-4-6-10(9)7-14-16-12-15-11(13)8-17-12/h3-8H,2,13H2,1H3,(H,15,16). The molecule has 0 saturated heterocycles. The second-order valence-corrected chi connectivity index (χ2v) is 4.36. The summed E-state index contributed by atoms with van der Waals surface area (Å²) >= 11 is 1.43. The molecule has 17 heavy (non-hydrogen) atoms. The number of hydrogen-bond donors (Lipinski definition) is 2. The second kappa shape index (κ2) is 5.45. The van der Waals surface area contributed by atoms with Crippen LogP contribution < -0.4 is 11.2 Å². The average Bonchev–Trinajstić information content (AvgIpc) is 2.76. The van der Waals surface area contributed by atoms with E-state index in [2.05, 4.69) is 28.5 Å². The largest absolute Gasteiger partial charge is 0.383 e. The number of benzene rings is 1. The van der Waals surface area contributed by atoms with Gasteiger partial charge in [0.15, 0.2) is 0 Å². The summed E-state index contributed by atoms with van der Waals surface area (Å²) in [6.45, 7) is 2.13. The molecule has 88 valence electrons. The summed E-state index contributed by atoms with van der Waals surface area (Å²) in [6, 6.07) is 8.18. The van der Waals surface area contributed by atoms with Crippen molar-refractivity contribution >= 4 is 28.5 Å². The molecule has 0 unspecified atom stereocenters. The number of aromatic nitrogens is 1. The Morgan fingerprint density at radius 3 is 3.00 bits per heavy atom. The number of nitrogen functional groups attached to an aromatic ring is 1. The molecule has 1 aromatic carbocycles. The molecule has 2 rings (SSSR count). The van der Waals surface area contributed by atoms with E-state index >= 15 is 0 Å². The summed E-state index contributed by atoms with van der Waals surface area (Å²) in [6.07, 6.45) is 2.79. The number of aryl methyl sites for hydroxylation is 1. The highest BCUT2D eigenvalue weighted by Gasteiger charge is 1.97. The van der Waals surface area contributed by atoms with Gasteiger partial charge in [-0.15, -0.1) is 11.3 Å². The fourth-order valence-corrected chi connectivity index (χ4v) is 2.03. The molecule has 0 atom stereocenters. The maximum absolute atomic E-state index is 5.51. The van der Waals surface area contributed by atoms with Crippen molar-refractivity contribution in [2.75, 3.05) is 11.2 Å². The Labute approximate surface area is 104 Å². The van der Waals surface area contributed by atoms with E-state index in [1.165, 1.54) is 16.9 Å². The molecule has 0 spiro atoms. The number of nitrogens with zero attached hydrogens (tertiary/aromatic N) is 2. The van der Waals surface area contributed by atoms with Gasteiger partial charge in [-0.3, -0.25) is 5.43 Å². The lowest BCUT2D eigenvalue weighted by atomic mass is 10.1. The van der Waals surface area contributed by atoms with Crippen LogP contribution in [-0.2, 0) is 6.42 Å². The van der Waals surface area contributed by atoms with Gasteiger partial charge in [0.25, 0.3) is 0 Å². The van der Waals surface area contributed by atoms with Crippen molar-refractivity contribution in [3.63, 3.8) is 0 Å².